The predicted octanol–water partition coefficient (Wildman–Crippen LogP) is 0.966. The quantitative estimate of drug-likeness (QED) is 0.658. The van der Waals surface area contributed by atoms with Gasteiger partial charge in [0.05, 0.1) is 20.8 Å². The van der Waals surface area contributed by atoms with Crippen molar-refractivity contribution in [2.45, 2.75) is 19.5 Å². The molecule has 2 heterocycles. The standard InChI is InChI=1S/C17H24N6O2/c1-18-17(19-9-16-20-11-21-22(16)2)23-6-5-12-7-14(24-3)15(25-4)8-13(12)10-23/h7-8,11H,5-6,9-10H2,1-4H3,(H,18,19). The fourth-order valence-electron chi connectivity index (χ4n) is 3.03. The Morgan fingerprint density at radius 3 is 2.56 bits per heavy atom. The smallest absolute Gasteiger partial charge is 0.194 e. The Hall–Kier alpha value is -2.77. The Morgan fingerprint density at radius 1 is 1.24 bits per heavy atom. The van der Waals surface area contributed by atoms with Crippen LogP contribution in [-0.4, -0.2) is 53.4 Å². The van der Waals surface area contributed by atoms with Crippen LogP contribution >= 0.6 is 0 Å². The van der Waals surface area contributed by atoms with E-state index >= 15 is 0 Å². The van der Waals surface area contributed by atoms with E-state index in [9.17, 15) is 0 Å². The normalized spacial score (nSPS) is 14.2. The molecule has 1 aromatic heterocycles. The van der Waals surface area contributed by atoms with Gasteiger partial charge in [-0.25, -0.2) is 4.98 Å². The van der Waals surface area contributed by atoms with E-state index in [0.29, 0.717) is 6.54 Å². The minimum Gasteiger partial charge on any atom is -0.493 e. The lowest BCUT2D eigenvalue weighted by atomic mass is 9.99. The second-order valence-electron chi connectivity index (χ2n) is 5.85. The van der Waals surface area contributed by atoms with E-state index in [2.05, 4.69) is 37.4 Å². The second kappa shape index (κ2) is 7.42. The number of guanidine groups is 1. The second-order valence-corrected chi connectivity index (χ2v) is 5.85. The monoisotopic (exact) mass is 344 g/mol. The highest BCUT2D eigenvalue weighted by Crippen LogP contribution is 2.33. The van der Waals surface area contributed by atoms with Crippen LogP contribution in [0.15, 0.2) is 23.5 Å². The molecule has 2 aromatic rings. The molecule has 1 aliphatic rings. The number of rotatable bonds is 4. The number of nitrogens with zero attached hydrogens (tertiary/aromatic N) is 5. The van der Waals surface area contributed by atoms with Crippen molar-refractivity contribution < 1.29 is 9.47 Å². The summed E-state index contributed by atoms with van der Waals surface area (Å²) in [6.07, 6.45) is 2.48. The van der Waals surface area contributed by atoms with Crippen LogP contribution in [0.4, 0.5) is 0 Å². The summed E-state index contributed by atoms with van der Waals surface area (Å²) in [5, 5.41) is 7.45. The minimum atomic E-state index is 0.582. The lowest BCUT2D eigenvalue weighted by Gasteiger charge is -2.32. The summed E-state index contributed by atoms with van der Waals surface area (Å²) in [4.78, 5) is 10.9. The molecule has 1 N–H and O–H groups in total. The molecule has 1 aliphatic heterocycles. The Labute approximate surface area is 147 Å². The summed E-state index contributed by atoms with van der Waals surface area (Å²) in [6, 6.07) is 4.12. The third-order valence-electron chi connectivity index (χ3n) is 4.44. The van der Waals surface area contributed by atoms with E-state index in [1.165, 1.54) is 11.1 Å². The molecule has 0 saturated heterocycles. The van der Waals surface area contributed by atoms with E-state index in [4.69, 9.17) is 9.47 Å². The number of hydrogen-bond acceptors (Lipinski definition) is 5. The summed E-state index contributed by atoms with van der Waals surface area (Å²) in [6.45, 7) is 2.24. The number of nitrogens with one attached hydrogen (secondary N) is 1. The zero-order valence-corrected chi connectivity index (χ0v) is 15.1. The van der Waals surface area contributed by atoms with Gasteiger partial charge in [-0.1, -0.05) is 0 Å². The molecule has 0 amide bonds. The molecule has 0 fully saturated rings. The van der Waals surface area contributed by atoms with Crippen LogP contribution in [0.5, 0.6) is 11.5 Å². The number of aromatic nitrogens is 3. The van der Waals surface area contributed by atoms with Gasteiger partial charge in [-0.3, -0.25) is 9.67 Å². The number of benzene rings is 1. The van der Waals surface area contributed by atoms with E-state index in [0.717, 1.165) is 42.8 Å². The van der Waals surface area contributed by atoms with Gasteiger partial charge in [0.2, 0.25) is 0 Å². The predicted molar refractivity (Wildman–Crippen MR) is 94.9 cm³/mol. The Bertz CT molecular complexity index is 770. The van der Waals surface area contributed by atoms with Crippen LogP contribution in [0.2, 0.25) is 0 Å². The number of methoxy groups -OCH3 is 2. The molecule has 25 heavy (non-hydrogen) atoms. The van der Waals surface area contributed by atoms with Crippen molar-refractivity contribution >= 4 is 5.96 Å². The first kappa shape index (κ1) is 17.1. The zero-order valence-electron chi connectivity index (χ0n) is 15.1. The van der Waals surface area contributed by atoms with Gasteiger partial charge in [0.15, 0.2) is 17.5 Å². The van der Waals surface area contributed by atoms with Crippen molar-refractivity contribution in [2.24, 2.45) is 12.0 Å². The molecular formula is C17H24N6O2. The first-order valence-electron chi connectivity index (χ1n) is 8.18. The highest BCUT2D eigenvalue weighted by atomic mass is 16.5. The Kier molecular flexibility index (Phi) is 5.06. The van der Waals surface area contributed by atoms with Gasteiger partial charge < -0.3 is 19.7 Å². The van der Waals surface area contributed by atoms with Crippen LogP contribution < -0.4 is 14.8 Å². The van der Waals surface area contributed by atoms with E-state index in [1.807, 2.05) is 7.05 Å². The van der Waals surface area contributed by atoms with Gasteiger partial charge in [-0.2, -0.15) is 5.10 Å². The first-order chi connectivity index (χ1) is 12.2. The molecule has 0 saturated carbocycles. The van der Waals surface area contributed by atoms with Crippen molar-refractivity contribution in [3.63, 3.8) is 0 Å². The molecule has 134 valence electrons. The summed E-state index contributed by atoms with van der Waals surface area (Å²) in [5.74, 6) is 3.25. The molecular weight excluding hydrogens is 320 g/mol. The number of fused-ring (bicyclic) bond motifs is 1. The highest BCUT2D eigenvalue weighted by Gasteiger charge is 2.21. The summed E-state index contributed by atoms with van der Waals surface area (Å²) >= 11 is 0. The van der Waals surface area contributed by atoms with Crippen molar-refractivity contribution in [2.75, 3.05) is 27.8 Å². The van der Waals surface area contributed by atoms with Crippen LogP contribution in [-0.2, 0) is 26.6 Å². The van der Waals surface area contributed by atoms with Crippen LogP contribution in [0.1, 0.15) is 17.0 Å². The molecule has 0 radical (unpaired) electrons. The van der Waals surface area contributed by atoms with Crippen LogP contribution in [0, 0.1) is 0 Å². The van der Waals surface area contributed by atoms with Gasteiger partial charge >= 0.3 is 0 Å². The third-order valence-corrected chi connectivity index (χ3v) is 4.44. The molecule has 0 atom stereocenters. The topological polar surface area (TPSA) is 76.8 Å². The maximum Gasteiger partial charge on any atom is 0.194 e. The third kappa shape index (κ3) is 3.52. The first-order valence-corrected chi connectivity index (χ1v) is 8.18. The average molecular weight is 344 g/mol. The zero-order chi connectivity index (χ0) is 17.8. The molecule has 0 unspecified atom stereocenters. The summed E-state index contributed by atoms with van der Waals surface area (Å²) < 4.78 is 12.6. The number of hydrogen-bond donors (Lipinski definition) is 1. The lowest BCUT2D eigenvalue weighted by molar-refractivity contribution is 0.345. The highest BCUT2D eigenvalue weighted by molar-refractivity contribution is 5.80. The van der Waals surface area contributed by atoms with Crippen molar-refractivity contribution in [1.82, 2.24) is 25.0 Å². The lowest BCUT2D eigenvalue weighted by Crippen LogP contribution is -2.44. The molecule has 0 aliphatic carbocycles. The minimum absolute atomic E-state index is 0.582. The van der Waals surface area contributed by atoms with E-state index < -0.39 is 0 Å². The average Bonchev–Trinajstić information content (AvgIpc) is 3.05. The van der Waals surface area contributed by atoms with E-state index in [-0.39, 0.29) is 0 Å². The summed E-state index contributed by atoms with van der Waals surface area (Å²) in [5.41, 5.74) is 2.52. The molecule has 8 heteroatoms. The van der Waals surface area contributed by atoms with Gasteiger partial charge in [0.1, 0.15) is 12.2 Å². The van der Waals surface area contributed by atoms with Crippen molar-refractivity contribution in [3.05, 3.63) is 35.4 Å². The van der Waals surface area contributed by atoms with Crippen LogP contribution in [0.25, 0.3) is 0 Å². The molecule has 3 rings (SSSR count). The van der Waals surface area contributed by atoms with Crippen molar-refractivity contribution in [1.29, 1.82) is 0 Å². The molecule has 0 bridgehead atoms. The van der Waals surface area contributed by atoms with Gasteiger partial charge in [0, 0.05) is 27.2 Å². The number of aliphatic imine (C=N–C) groups is 1. The fraction of sp³-hybridized carbons (Fsp3) is 0.471. The molecule has 8 nitrogen and oxygen atoms in total. The number of ether oxygens (including phenoxy) is 2. The summed E-state index contributed by atoms with van der Waals surface area (Å²) in [7, 11) is 7.00. The maximum absolute atomic E-state index is 5.43. The largest absolute Gasteiger partial charge is 0.493 e. The Balaban J connectivity index is 1.73. The van der Waals surface area contributed by atoms with Gasteiger partial charge in [-0.05, 0) is 29.7 Å². The maximum atomic E-state index is 5.43. The van der Waals surface area contributed by atoms with Gasteiger partial charge in [0.25, 0.3) is 0 Å². The molecule has 1 aromatic carbocycles. The van der Waals surface area contributed by atoms with E-state index in [1.54, 1.807) is 32.3 Å². The Morgan fingerprint density at radius 2 is 1.96 bits per heavy atom. The van der Waals surface area contributed by atoms with Crippen molar-refractivity contribution in [3.8, 4) is 11.5 Å². The fourth-order valence-corrected chi connectivity index (χ4v) is 3.03. The van der Waals surface area contributed by atoms with Gasteiger partial charge in [-0.15, -0.1) is 0 Å². The van der Waals surface area contributed by atoms with Crippen LogP contribution in [0.3, 0.4) is 0 Å². The number of aryl methyl sites for hydroxylation is 1. The molecule has 0 spiro atoms. The SMILES string of the molecule is CN=C(NCc1ncnn1C)N1CCc2cc(OC)c(OC)cc2C1.